The highest BCUT2D eigenvalue weighted by molar-refractivity contribution is 8.93. The molecular weight excluding hydrogens is 168 g/mol. The van der Waals surface area contributed by atoms with Crippen LogP contribution in [0.3, 0.4) is 0 Å². The lowest BCUT2D eigenvalue weighted by molar-refractivity contribution is 1.12. The minimum atomic E-state index is 0. The van der Waals surface area contributed by atoms with E-state index in [0.717, 1.165) is 5.69 Å². The van der Waals surface area contributed by atoms with Crippen LogP contribution in [0.5, 0.6) is 0 Å². The predicted octanol–water partition coefficient (Wildman–Crippen LogP) is 1.36. The second-order valence-corrected chi connectivity index (χ2v) is 1.35. The number of hydrogen-bond donors (Lipinski definition) is 0. The van der Waals surface area contributed by atoms with Crippen LogP contribution in [0.1, 0.15) is 5.69 Å². The molecule has 0 aliphatic carbocycles. The van der Waals surface area contributed by atoms with Crippen LogP contribution < -0.4 is 0 Å². The molecule has 8 heavy (non-hydrogen) atoms. The topological polar surface area (TPSA) is 25.8 Å². The predicted molar refractivity (Wildman–Crippen MR) is 37.1 cm³/mol. The standard InChI is InChI=1S/C5H6N2.BrH/c1-5-4-6-2-3-7-5;/h2-4H,1H3;1H. The number of aryl methyl sites for hydroxylation is 1. The Morgan fingerprint density at radius 1 is 1.38 bits per heavy atom. The first-order valence-electron chi connectivity index (χ1n) is 2.12. The highest BCUT2D eigenvalue weighted by Crippen LogP contribution is 1.81. The van der Waals surface area contributed by atoms with Gasteiger partial charge in [0.1, 0.15) is 0 Å². The van der Waals surface area contributed by atoms with Gasteiger partial charge in [0.2, 0.25) is 0 Å². The van der Waals surface area contributed by atoms with E-state index in [1.807, 2.05) is 6.92 Å². The van der Waals surface area contributed by atoms with E-state index in [2.05, 4.69) is 9.97 Å². The summed E-state index contributed by atoms with van der Waals surface area (Å²) in [4.78, 5) is 7.74. The summed E-state index contributed by atoms with van der Waals surface area (Å²) in [6.07, 6.45) is 5.06. The van der Waals surface area contributed by atoms with Crippen LogP contribution in [0.2, 0.25) is 0 Å². The van der Waals surface area contributed by atoms with Gasteiger partial charge in [-0.3, -0.25) is 9.97 Å². The maximum atomic E-state index is 3.92. The van der Waals surface area contributed by atoms with E-state index in [1.165, 1.54) is 0 Å². The zero-order chi connectivity index (χ0) is 5.11. The Kier molecular flexibility index (Phi) is 3.35. The molecule has 0 N–H and O–H groups in total. The molecule has 1 heterocycles. The zero-order valence-corrected chi connectivity index (χ0v) is 6.25. The minimum absolute atomic E-state index is 0. The summed E-state index contributed by atoms with van der Waals surface area (Å²) in [5.74, 6) is 0. The quantitative estimate of drug-likeness (QED) is 0.594. The van der Waals surface area contributed by atoms with Crippen LogP contribution in [0.25, 0.3) is 0 Å². The summed E-state index contributed by atoms with van der Waals surface area (Å²) in [6.45, 7) is 1.91. The number of aromatic nitrogens is 2. The van der Waals surface area contributed by atoms with E-state index in [0.29, 0.717) is 0 Å². The van der Waals surface area contributed by atoms with Crippen molar-refractivity contribution in [2.75, 3.05) is 0 Å². The fourth-order valence-electron chi connectivity index (χ4n) is 0.374. The van der Waals surface area contributed by atoms with E-state index in [-0.39, 0.29) is 17.0 Å². The molecule has 0 fully saturated rings. The van der Waals surface area contributed by atoms with Crippen molar-refractivity contribution in [3.8, 4) is 0 Å². The molecule has 0 aliphatic heterocycles. The molecule has 0 amide bonds. The highest BCUT2D eigenvalue weighted by Gasteiger charge is 1.74. The first-order valence-corrected chi connectivity index (χ1v) is 2.12. The Labute approximate surface area is 58.7 Å². The van der Waals surface area contributed by atoms with Crippen molar-refractivity contribution < 1.29 is 0 Å². The summed E-state index contributed by atoms with van der Waals surface area (Å²) in [5.41, 5.74) is 0.961. The molecule has 0 saturated carbocycles. The Morgan fingerprint density at radius 3 is 2.38 bits per heavy atom. The van der Waals surface area contributed by atoms with Crippen molar-refractivity contribution in [1.29, 1.82) is 0 Å². The summed E-state index contributed by atoms with van der Waals surface area (Å²) in [5, 5.41) is 0. The van der Waals surface area contributed by atoms with Gasteiger partial charge in [-0.1, -0.05) is 0 Å². The van der Waals surface area contributed by atoms with Gasteiger partial charge in [-0.15, -0.1) is 17.0 Å². The van der Waals surface area contributed by atoms with Crippen molar-refractivity contribution in [3.63, 3.8) is 0 Å². The number of halogens is 1. The molecule has 3 heteroatoms. The van der Waals surface area contributed by atoms with Crippen LogP contribution >= 0.6 is 17.0 Å². The van der Waals surface area contributed by atoms with E-state index < -0.39 is 0 Å². The van der Waals surface area contributed by atoms with Crippen molar-refractivity contribution in [1.82, 2.24) is 9.97 Å². The van der Waals surface area contributed by atoms with Crippen LogP contribution in [0, 0.1) is 6.92 Å². The van der Waals surface area contributed by atoms with E-state index in [4.69, 9.17) is 0 Å². The van der Waals surface area contributed by atoms with E-state index >= 15 is 0 Å². The maximum absolute atomic E-state index is 3.92. The molecule has 0 atom stereocenters. The van der Waals surface area contributed by atoms with Gasteiger partial charge in [-0.25, -0.2) is 0 Å². The first kappa shape index (κ1) is 7.56. The zero-order valence-electron chi connectivity index (χ0n) is 4.53. The molecule has 0 unspecified atom stereocenters. The Morgan fingerprint density at radius 2 is 2.12 bits per heavy atom. The van der Waals surface area contributed by atoms with Crippen molar-refractivity contribution in [2.24, 2.45) is 0 Å². The molecule has 0 aromatic carbocycles. The van der Waals surface area contributed by atoms with Gasteiger partial charge in [0.25, 0.3) is 0 Å². The normalized spacial score (nSPS) is 7.62. The van der Waals surface area contributed by atoms with Crippen LogP contribution in [0.15, 0.2) is 18.6 Å². The van der Waals surface area contributed by atoms with Gasteiger partial charge in [0, 0.05) is 18.6 Å². The van der Waals surface area contributed by atoms with Gasteiger partial charge < -0.3 is 0 Å². The molecule has 1 aromatic heterocycles. The molecule has 2 nitrogen and oxygen atoms in total. The van der Waals surface area contributed by atoms with E-state index in [9.17, 15) is 0 Å². The third-order valence-electron chi connectivity index (χ3n) is 0.692. The molecular formula is C5H7BrN2. The smallest absolute Gasteiger partial charge is 0.0555 e. The minimum Gasteiger partial charge on any atom is -0.261 e. The Balaban J connectivity index is 0.000000490. The lowest BCUT2D eigenvalue weighted by Gasteiger charge is -1.81. The van der Waals surface area contributed by atoms with Crippen molar-refractivity contribution in [3.05, 3.63) is 24.3 Å². The van der Waals surface area contributed by atoms with Gasteiger partial charge in [0.05, 0.1) is 5.69 Å². The summed E-state index contributed by atoms with van der Waals surface area (Å²) < 4.78 is 0. The largest absolute Gasteiger partial charge is 0.261 e. The van der Waals surface area contributed by atoms with Gasteiger partial charge in [-0.05, 0) is 6.92 Å². The van der Waals surface area contributed by atoms with Gasteiger partial charge in [-0.2, -0.15) is 0 Å². The first-order chi connectivity index (χ1) is 3.39. The van der Waals surface area contributed by atoms with E-state index in [1.54, 1.807) is 18.6 Å². The molecule has 0 bridgehead atoms. The second-order valence-electron chi connectivity index (χ2n) is 1.35. The number of hydrogen-bond acceptors (Lipinski definition) is 2. The monoisotopic (exact) mass is 174 g/mol. The van der Waals surface area contributed by atoms with Gasteiger partial charge >= 0.3 is 0 Å². The Hall–Kier alpha value is -0.440. The molecule has 0 aliphatic rings. The molecule has 44 valence electrons. The molecule has 1 rings (SSSR count). The average molecular weight is 175 g/mol. The summed E-state index contributed by atoms with van der Waals surface area (Å²) in [6, 6.07) is 0. The molecule has 1 aromatic rings. The number of nitrogens with zero attached hydrogens (tertiary/aromatic N) is 2. The fraction of sp³-hybridized carbons (Fsp3) is 0.200. The lowest BCUT2D eigenvalue weighted by Crippen LogP contribution is -1.77. The summed E-state index contributed by atoms with van der Waals surface area (Å²) in [7, 11) is 0. The molecule has 0 saturated heterocycles. The SMILES string of the molecule is Br.Cc1cnccn1. The average Bonchev–Trinajstić information content (AvgIpc) is 1.69. The third kappa shape index (κ3) is 2.02. The molecule has 0 radical (unpaired) electrons. The lowest BCUT2D eigenvalue weighted by atomic mass is 10.5. The third-order valence-corrected chi connectivity index (χ3v) is 0.692. The van der Waals surface area contributed by atoms with Crippen LogP contribution in [-0.4, -0.2) is 9.97 Å². The second kappa shape index (κ2) is 3.55. The summed E-state index contributed by atoms with van der Waals surface area (Å²) >= 11 is 0. The van der Waals surface area contributed by atoms with Crippen molar-refractivity contribution in [2.45, 2.75) is 6.92 Å². The number of rotatable bonds is 0. The van der Waals surface area contributed by atoms with Crippen molar-refractivity contribution >= 4 is 17.0 Å². The van der Waals surface area contributed by atoms with Crippen LogP contribution in [-0.2, 0) is 0 Å². The molecule has 0 spiro atoms. The Bertz CT molecular complexity index is 140. The van der Waals surface area contributed by atoms with Crippen LogP contribution in [0.4, 0.5) is 0 Å². The van der Waals surface area contributed by atoms with Gasteiger partial charge in [0.15, 0.2) is 0 Å². The fourth-order valence-corrected chi connectivity index (χ4v) is 0.374. The maximum Gasteiger partial charge on any atom is 0.0555 e. The highest BCUT2D eigenvalue weighted by atomic mass is 79.9.